The lowest BCUT2D eigenvalue weighted by atomic mass is 10.0. The number of aliphatic imine (C=N–C) groups is 2. The molecule has 0 unspecified atom stereocenters. The normalized spacial score (nSPS) is 12.9. The van der Waals surface area contributed by atoms with Crippen molar-refractivity contribution < 1.29 is 0 Å². The third-order valence-electron chi connectivity index (χ3n) is 4.92. The van der Waals surface area contributed by atoms with Gasteiger partial charge in [-0.3, -0.25) is 9.98 Å². The van der Waals surface area contributed by atoms with Crippen molar-refractivity contribution >= 4 is 17.5 Å². The van der Waals surface area contributed by atoms with Crippen LogP contribution in [0.4, 0.5) is 0 Å². The van der Waals surface area contributed by atoms with Gasteiger partial charge in [-0.25, -0.2) is 4.99 Å². The standard InChI is InChI=1S/C24H35N7/c1-3-5-9-15-28-23(30-22(25)12-6-4-2)16-18-13-14-21(29-17-18)19-10-7-8-11-20(19)24(26)31-27/h7-8,10-11,13-14,17H,3-6,9,12,15-16,27H2,1-2H3,(H2,26,31)(H2,25,28,30). The van der Waals surface area contributed by atoms with E-state index in [0.717, 1.165) is 66.9 Å². The summed E-state index contributed by atoms with van der Waals surface area (Å²) in [7, 11) is 0. The van der Waals surface area contributed by atoms with Crippen molar-refractivity contribution in [1.29, 1.82) is 0 Å². The summed E-state index contributed by atoms with van der Waals surface area (Å²) in [6, 6.07) is 11.7. The third kappa shape index (κ3) is 7.85. The molecule has 0 amide bonds. The van der Waals surface area contributed by atoms with Gasteiger partial charge < -0.3 is 17.3 Å². The van der Waals surface area contributed by atoms with Gasteiger partial charge in [0, 0.05) is 36.7 Å². The van der Waals surface area contributed by atoms with Crippen LogP contribution in [-0.4, -0.2) is 29.0 Å². The second-order valence-corrected chi connectivity index (χ2v) is 7.50. The molecule has 0 bridgehead atoms. The van der Waals surface area contributed by atoms with Gasteiger partial charge in [0.1, 0.15) is 11.7 Å². The van der Waals surface area contributed by atoms with Crippen LogP contribution >= 0.6 is 0 Å². The molecule has 0 saturated heterocycles. The predicted molar refractivity (Wildman–Crippen MR) is 131 cm³/mol. The summed E-state index contributed by atoms with van der Waals surface area (Å²) in [6.07, 6.45) is 8.75. The molecule has 0 spiro atoms. The Kier molecular flexibility index (Phi) is 10.2. The molecule has 1 aromatic carbocycles. The number of nitrogens with two attached hydrogens (primary N) is 3. The first kappa shape index (κ1) is 24.1. The summed E-state index contributed by atoms with van der Waals surface area (Å²) in [5.41, 5.74) is 15.5. The molecule has 7 heteroatoms. The largest absolute Gasteiger partial charge is 0.387 e. The van der Waals surface area contributed by atoms with Gasteiger partial charge in [-0.1, -0.05) is 63.4 Å². The molecule has 7 nitrogen and oxygen atoms in total. The molecule has 166 valence electrons. The minimum atomic E-state index is 0.278. The number of benzene rings is 1. The van der Waals surface area contributed by atoms with Crippen LogP contribution in [0, 0.1) is 0 Å². The van der Waals surface area contributed by atoms with Gasteiger partial charge in [-0.15, -0.1) is 0 Å². The molecular formula is C24H35N7. The first-order chi connectivity index (χ1) is 15.1. The zero-order valence-electron chi connectivity index (χ0n) is 18.7. The van der Waals surface area contributed by atoms with E-state index in [9.17, 15) is 0 Å². The number of hydrazone groups is 1. The van der Waals surface area contributed by atoms with Crippen LogP contribution in [0.2, 0.25) is 0 Å². The maximum Gasteiger partial charge on any atom is 0.150 e. The molecule has 1 aromatic heterocycles. The Balaban J connectivity index is 2.21. The predicted octanol–water partition coefficient (Wildman–Crippen LogP) is 4.01. The van der Waals surface area contributed by atoms with Crippen molar-refractivity contribution in [2.75, 3.05) is 6.54 Å². The Bertz CT molecular complexity index is 898. The van der Waals surface area contributed by atoms with Crippen molar-refractivity contribution in [3.05, 3.63) is 53.7 Å². The molecule has 2 aromatic rings. The Morgan fingerprint density at radius 2 is 1.74 bits per heavy atom. The number of rotatable bonds is 11. The van der Waals surface area contributed by atoms with Crippen molar-refractivity contribution in [1.82, 2.24) is 4.98 Å². The SMILES string of the molecule is CCCCCN=C(Cc1ccc(-c2ccccc2/C(N)=N/N)nc1)N=C(N)CCCC. The molecule has 31 heavy (non-hydrogen) atoms. The molecule has 0 fully saturated rings. The van der Waals surface area contributed by atoms with E-state index in [1.165, 1.54) is 6.42 Å². The first-order valence-corrected chi connectivity index (χ1v) is 11.0. The van der Waals surface area contributed by atoms with Gasteiger partial charge in [0.2, 0.25) is 0 Å². The lowest BCUT2D eigenvalue weighted by Gasteiger charge is -2.09. The zero-order chi connectivity index (χ0) is 22.5. The number of hydrogen-bond donors (Lipinski definition) is 3. The lowest BCUT2D eigenvalue weighted by molar-refractivity contribution is 0.727. The topological polar surface area (TPSA) is 128 Å². The van der Waals surface area contributed by atoms with Gasteiger partial charge in [-0.05, 0) is 24.5 Å². The molecule has 0 aliphatic carbocycles. The van der Waals surface area contributed by atoms with Crippen LogP contribution in [0.25, 0.3) is 11.3 Å². The zero-order valence-corrected chi connectivity index (χ0v) is 18.7. The molecule has 1 heterocycles. The van der Waals surface area contributed by atoms with Crippen LogP contribution in [0.1, 0.15) is 63.5 Å². The van der Waals surface area contributed by atoms with E-state index in [-0.39, 0.29) is 5.84 Å². The van der Waals surface area contributed by atoms with Crippen LogP contribution < -0.4 is 17.3 Å². The van der Waals surface area contributed by atoms with E-state index in [1.807, 2.05) is 42.6 Å². The summed E-state index contributed by atoms with van der Waals surface area (Å²) in [5, 5.41) is 3.62. The van der Waals surface area contributed by atoms with E-state index in [2.05, 4.69) is 28.9 Å². The highest BCUT2D eigenvalue weighted by Gasteiger charge is 2.10. The Hall–Kier alpha value is -3.22. The molecule has 0 radical (unpaired) electrons. The fraction of sp³-hybridized carbons (Fsp3) is 0.417. The van der Waals surface area contributed by atoms with Crippen LogP contribution in [0.3, 0.4) is 0 Å². The molecule has 2 rings (SSSR count). The number of aromatic nitrogens is 1. The van der Waals surface area contributed by atoms with Crippen LogP contribution in [0.15, 0.2) is 57.7 Å². The maximum absolute atomic E-state index is 6.12. The monoisotopic (exact) mass is 421 g/mol. The van der Waals surface area contributed by atoms with Crippen LogP contribution in [-0.2, 0) is 6.42 Å². The summed E-state index contributed by atoms with van der Waals surface area (Å²) in [4.78, 5) is 13.9. The highest BCUT2D eigenvalue weighted by molar-refractivity contribution is 6.03. The number of pyridine rings is 1. The second-order valence-electron chi connectivity index (χ2n) is 7.50. The van der Waals surface area contributed by atoms with Gasteiger partial charge in [0.25, 0.3) is 0 Å². The molecule has 0 aliphatic rings. The molecule has 6 N–H and O–H groups in total. The van der Waals surface area contributed by atoms with Gasteiger partial charge >= 0.3 is 0 Å². The van der Waals surface area contributed by atoms with Crippen molar-refractivity contribution in [2.24, 2.45) is 32.4 Å². The summed E-state index contributed by atoms with van der Waals surface area (Å²) >= 11 is 0. The van der Waals surface area contributed by atoms with Gasteiger partial charge in [0.15, 0.2) is 5.84 Å². The minimum absolute atomic E-state index is 0.278. The van der Waals surface area contributed by atoms with E-state index in [4.69, 9.17) is 22.3 Å². The third-order valence-corrected chi connectivity index (χ3v) is 4.92. The smallest absolute Gasteiger partial charge is 0.150 e. The Morgan fingerprint density at radius 3 is 2.42 bits per heavy atom. The molecule has 0 saturated carbocycles. The van der Waals surface area contributed by atoms with E-state index in [0.29, 0.717) is 12.3 Å². The Morgan fingerprint density at radius 1 is 0.968 bits per heavy atom. The number of unbranched alkanes of at least 4 members (excludes halogenated alkanes) is 3. The molecule has 0 atom stereocenters. The Labute approximate surface area is 185 Å². The summed E-state index contributed by atoms with van der Waals surface area (Å²) < 4.78 is 0. The van der Waals surface area contributed by atoms with Crippen molar-refractivity contribution in [3.8, 4) is 11.3 Å². The lowest BCUT2D eigenvalue weighted by Crippen LogP contribution is -2.16. The van der Waals surface area contributed by atoms with Crippen molar-refractivity contribution in [3.63, 3.8) is 0 Å². The molecule has 0 aliphatic heterocycles. The number of hydrogen-bond acceptors (Lipinski definition) is 4. The van der Waals surface area contributed by atoms with Crippen LogP contribution in [0.5, 0.6) is 0 Å². The maximum atomic E-state index is 6.12. The van der Waals surface area contributed by atoms with E-state index < -0.39 is 0 Å². The van der Waals surface area contributed by atoms with Crippen molar-refractivity contribution in [2.45, 2.75) is 58.8 Å². The quantitative estimate of drug-likeness (QED) is 0.166. The van der Waals surface area contributed by atoms with E-state index in [1.54, 1.807) is 0 Å². The number of amidine groups is 3. The molecular weight excluding hydrogens is 386 g/mol. The minimum Gasteiger partial charge on any atom is -0.387 e. The fourth-order valence-electron chi connectivity index (χ4n) is 3.15. The number of nitrogens with zero attached hydrogens (tertiary/aromatic N) is 4. The second kappa shape index (κ2) is 13.2. The first-order valence-electron chi connectivity index (χ1n) is 11.0. The summed E-state index contributed by atoms with van der Waals surface area (Å²) in [6.45, 7) is 5.10. The average Bonchev–Trinajstić information content (AvgIpc) is 2.80. The van der Waals surface area contributed by atoms with Gasteiger partial charge in [0.05, 0.1) is 5.69 Å². The highest BCUT2D eigenvalue weighted by atomic mass is 15.2. The summed E-state index contributed by atoms with van der Waals surface area (Å²) in [5.74, 6) is 7.05. The average molecular weight is 422 g/mol. The van der Waals surface area contributed by atoms with E-state index >= 15 is 0 Å². The fourth-order valence-corrected chi connectivity index (χ4v) is 3.15. The highest BCUT2D eigenvalue weighted by Crippen LogP contribution is 2.22. The van der Waals surface area contributed by atoms with Gasteiger partial charge in [-0.2, -0.15) is 5.10 Å².